The number of benzene rings is 3. The molecule has 0 bridgehead atoms. The molecule has 30 heteroatoms. The first-order valence-corrected chi connectivity index (χ1v) is 31.8. The number of ether oxygens (including phenoxy) is 6. The van der Waals surface area contributed by atoms with Gasteiger partial charge in [-0.15, -0.1) is 0 Å². The first-order valence-electron chi connectivity index (χ1n) is 28.5. The van der Waals surface area contributed by atoms with E-state index in [1.807, 2.05) is 85.1 Å². The Morgan fingerprint density at radius 1 is 0.889 bits per heavy atom. The molecule has 1 unspecified atom stereocenters. The summed E-state index contributed by atoms with van der Waals surface area (Å²) in [5.74, 6) is -1.41. The second kappa shape index (κ2) is 30.6. The van der Waals surface area contributed by atoms with E-state index in [-0.39, 0.29) is 46.5 Å². The standard InChI is InChI=1S/C58H70ClFN8O13S2.C2HF3O2/c1-7-66-48-21-19-43(82(70,71)72)34-46(48)58(5,52(66)14-11-9-10-13-51-57(3,4)45-20-18-44(83(73,74)75)35-49(45)67(51)8-2)24-12-15-54(69)61-25-26-77-27-28-78-29-30-79-31-32-80-39-53-63-64-56(68(53)41-17-23-55(76-6)62-36-41)65-37-42(38-65)81-50-22-16-40(60)33-47(50)59;3-2(4,5)1(6)7/h9-11,13-14,16-23,33-36,42H,7-8,12,15,24-32,37-39H2,1-6H3,(H2-,61,69,70,71,72,73,74,75);(H,6,7). The maximum atomic E-state index is 13.5. The van der Waals surface area contributed by atoms with Gasteiger partial charge < -0.3 is 53.1 Å². The maximum Gasteiger partial charge on any atom is 0.430 e. The number of methoxy groups -OCH3 is 1. The summed E-state index contributed by atoms with van der Waals surface area (Å²) in [5, 5.41) is 19.6. The fraction of sp³-hybridized carbons (Fsp3) is 0.433. The Morgan fingerprint density at radius 3 is 2.16 bits per heavy atom. The van der Waals surface area contributed by atoms with Gasteiger partial charge >= 0.3 is 12.1 Å². The smallest absolute Gasteiger partial charge is 0.430 e. The zero-order valence-corrected chi connectivity index (χ0v) is 52.6. The summed E-state index contributed by atoms with van der Waals surface area (Å²) in [6.45, 7) is 15.0. The molecule has 1 fully saturated rings. The molecule has 0 aliphatic carbocycles. The van der Waals surface area contributed by atoms with Gasteiger partial charge in [0.1, 0.15) is 46.5 Å². The molecule has 90 heavy (non-hydrogen) atoms. The second-order valence-electron chi connectivity index (χ2n) is 21.4. The molecule has 5 heterocycles. The largest absolute Gasteiger partial charge is 0.744 e. The number of likely N-dealkylation sites (N-methyl/N-ethyl adjacent to an activating group) is 1. The number of aliphatic carboxylic acids is 1. The Kier molecular flexibility index (Phi) is 23.9. The molecule has 3 aromatic carbocycles. The fourth-order valence-electron chi connectivity index (χ4n) is 10.6. The molecule has 1 saturated heterocycles. The zero-order valence-electron chi connectivity index (χ0n) is 50.3. The number of aromatic nitrogens is 4. The van der Waals surface area contributed by atoms with Gasteiger partial charge in [-0.3, -0.25) is 14.2 Å². The van der Waals surface area contributed by atoms with Gasteiger partial charge in [-0.2, -0.15) is 35.8 Å². The number of hydrogen-bond donors (Lipinski definition) is 3. The van der Waals surface area contributed by atoms with Gasteiger partial charge in [0.05, 0.1) is 92.9 Å². The van der Waals surface area contributed by atoms with E-state index in [0.717, 1.165) is 33.9 Å². The lowest BCUT2D eigenvalue weighted by molar-refractivity contribution is -0.595. The summed E-state index contributed by atoms with van der Waals surface area (Å²) in [6, 6.07) is 16.8. The Morgan fingerprint density at radius 2 is 1.56 bits per heavy atom. The van der Waals surface area contributed by atoms with E-state index in [1.165, 1.54) is 42.5 Å². The molecule has 8 rings (SSSR count). The molecule has 0 radical (unpaired) electrons. The van der Waals surface area contributed by atoms with E-state index in [1.54, 1.807) is 31.5 Å². The number of nitrogens with one attached hydrogen (secondary N) is 2. The maximum absolute atomic E-state index is 13.5. The number of carbonyl (C=O) groups is 2. The molecule has 2 aromatic heterocycles. The number of H-pyrrole nitrogens is 1. The van der Waals surface area contributed by atoms with Crippen molar-refractivity contribution in [3.05, 3.63) is 137 Å². The van der Waals surface area contributed by atoms with Crippen LogP contribution in [0.3, 0.4) is 0 Å². The Labute approximate surface area is 524 Å². The number of carbonyl (C=O) groups excluding carboxylic acids is 2. The third-order valence-corrected chi connectivity index (χ3v) is 17.0. The highest BCUT2D eigenvalue weighted by Crippen LogP contribution is 2.51. The van der Waals surface area contributed by atoms with Crippen LogP contribution in [0.15, 0.2) is 119 Å². The van der Waals surface area contributed by atoms with Crippen LogP contribution >= 0.6 is 11.6 Å². The number of fused-ring (bicyclic) bond motifs is 2. The molecule has 0 saturated carbocycles. The van der Waals surface area contributed by atoms with E-state index in [9.17, 15) is 48.3 Å². The van der Waals surface area contributed by atoms with Crippen LogP contribution in [-0.2, 0) is 66.2 Å². The summed E-state index contributed by atoms with van der Waals surface area (Å²) in [4.78, 5) is 29.9. The number of rotatable bonds is 30. The lowest BCUT2D eigenvalue weighted by Gasteiger charge is -2.35. The van der Waals surface area contributed by atoms with Crippen molar-refractivity contribution in [2.45, 2.75) is 93.4 Å². The number of amides is 1. The van der Waals surface area contributed by atoms with Gasteiger partial charge in [0, 0.05) is 65.2 Å². The van der Waals surface area contributed by atoms with Crippen LogP contribution in [0, 0.1) is 5.82 Å². The number of halogens is 5. The van der Waals surface area contributed by atoms with Crippen LogP contribution in [0.5, 0.6) is 11.6 Å². The highest BCUT2D eigenvalue weighted by atomic mass is 35.5. The molecule has 3 aliphatic heterocycles. The Bertz CT molecular complexity index is 3710. The first kappa shape index (κ1) is 70.1. The van der Waals surface area contributed by atoms with E-state index < -0.39 is 49.0 Å². The molecule has 23 nitrogen and oxygen atoms in total. The molecule has 3 N–H and O–H groups in total. The van der Waals surface area contributed by atoms with Gasteiger partial charge in [0.15, 0.2) is 11.8 Å². The van der Waals surface area contributed by atoms with Crippen molar-refractivity contribution in [1.82, 2.24) is 20.5 Å². The van der Waals surface area contributed by atoms with Crippen molar-refractivity contribution in [1.29, 1.82) is 0 Å². The minimum atomic E-state index is -5.19. The van der Waals surface area contributed by atoms with E-state index in [4.69, 9.17) is 49.9 Å². The van der Waals surface area contributed by atoms with Crippen molar-refractivity contribution in [2.75, 3.05) is 95.9 Å². The van der Waals surface area contributed by atoms with Gasteiger partial charge in [-0.1, -0.05) is 35.9 Å². The summed E-state index contributed by atoms with van der Waals surface area (Å²) in [5.41, 5.74) is 4.45. The highest BCUT2D eigenvalue weighted by Gasteiger charge is 2.45. The van der Waals surface area contributed by atoms with Crippen LogP contribution in [0.4, 0.5) is 34.9 Å². The number of hydrogen-bond acceptors (Lipinski definition) is 18. The number of alkyl halides is 3. The number of aromatic amines is 1. The molecule has 5 aromatic rings. The van der Waals surface area contributed by atoms with Crippen molar-refractivity contribution in [2.24, 2.45) is 0 Å². The molecule has 3 aliphatic rings. The molecule has 488 valence electrons. The van der Waals surface area contributed by atoms with Crippen molar-refractivity contribution in [3.8, 4) is 17.3 Å². The molecule has 1 atom stereocenters. The lowest BCUT2D eigenvalue weighted by Crippen LogP contribution is -2.58. The predicted molar refractivity (Wildman–Crippen MR) is 318 cm³/mol. The van der Waals surface area contributed by atoms with Crippen LogP contribution in [0.2, 0.25) is 5.02 Å². The van der Waals surface area contributed by atoms with Crippen LogP contribution in [0.25, 0.3) is 5.69 Å². The van der Waals surface area contributed by atoms with E-state index >= 15 is 0 Å². The topological polar surface area (TPSA) is 291 Å². The molecule has 1 amide bonds. The first-order chi connectivity index (χ1) is 42.6. The van der Waals surface area contributed by atoms with Crippen molar-refractivity contribution in [3.63, 3.8) is 0 Å². The predicted octanol–water partition coefficient (Wildman–Crippen LogP) is 6.34. The summed E-state index contributed by atoms with van der Waals surface area (Å²) < 4.78 is 154. The van der Waals surface area contributed by atoms with Crippen LogP contribution < -0.4 is 34.3 Å². The quantitative estimate of drug-likeness (QED) is 0.0148. The van der Waals surface area contributed by atoms with Crippen LogP contribution in [0.1, 0.15) is 70.8 Å². The summed E-state index contributed by atoms with van der Waals surface area (Å²) >= 11 is 6.18. The number of anilines is 2. The Balaban J connectivity index is 0.00000155. The van der Waals surface area contributed by atoms with Crippen molar-refractivity contribution < 1.29 is 95.8 Å². The third-order valence-electron chi connectivity index (χ3n) is 15.0. The molecular formula is C60H71ClF4N8O15S2. The number of nitrogens with zero attached hydrogens (tertiary/aromatic N) is 6. The van der Waals surface area contributed by atoms with Gasteiger partial charge in [-0.05, 0) is 108 Å². The van der Waals surface area contributed by atoms with E-state index in [2.05, 4.69) is 25.4 Å². The number of carboxylic acid groups (broad SMARTS) is 1. The average Bonchev–Trinajstić information content (AvgIpc) is 1.74. The normalized spacial score (nSPS) is 17.0. The minimum absolute atomic E-state index is 0.158. The van der Waals surface area contributed by atoms with Crippen molar-refractivity contribution >= 4 is 66.7 Å². The fourth-order valence-corrected chi connectivity index (χ4v) is 11.8. The average molecular weight is 1320 g/mol. The zero-order chi connectivity index (χ0) is 65.6. The lowest BCUT2D eigenvalue weighted by atomic mass is 9.77. The third kappa shape index (κ3) is 17.6. The van der Waals surface area contributed by atoms with Gasteiger partial charge in [0.2, 0.25) is 23.3 Å². The summed E-state index contributed by atoms with van der Waals surface area (Å²) in [7, 11) is -7.59. The number of carboxylic acids is 1. The summed E-state index contributed by atoms with van der Waals surface area (Å²) in [6.07, 6.45) is 7.10. The number of pyridine rings is 1. The highest BCUT2D eigenvalue weighted by molar-refractivity contribution is 7.86. The van der Waals surface area contributed by atoms with E-state index in [0.29, 0.717) is 114 Å². The van der Waals surface area contributed by atoms with Gasteiger partial charge in [0.25, 0.3) is 10.1 Å². The Hall–Kier alpha value is -7.35. The number of allylic oxidation sites excluding steroid dienone is 6. The minimum Gasteiger partial charge on any atom is -0.744 e. The second-order valence-corrected chi connectivity index (χ2v) is 24.6. The van der Waals surface area contributed by atoms with Crippen LogP contribution in [-0.4, -0.2) is 162 Å². The molecule has 0 spiro atoms. The monoisotopic (exact) mass is 1320 g/mol. The SMILES string of the molecule is CCN1\C(=C/C=C/C=C/C2=[N+](CC)c3cc(S(=O)(=O)[O-])ccc3C2(C)C)C(C)(CCCC(=O)NCCOCCOCCOCCOCc2[nH]nc(N3CC(Oc4ccc(F)cc4Cl)C3)[n+]2-c2ccc(OC)nc2)c2cc(S(=O)(=O)O)ccc21.O=C([O-])C(F)(F)F. The molecular weight excluding hydrogens is 1250 g/mol. The van der Waals surface area contributed by atoms with Gasteiger partial charge in [-0.25, -0.2) is 17.8 Å².